The fraction of sp³-hybridized carbons (Fsp3) is 0.200. The second-order valence-electron chi connectivity index (χ2n) is 5.11. The summed E-state index contributed by atoms with van der Waals surface area (Å²) in [6.07, 6.45) is 0.00133. The van der Waals surface area contributed by atoms with Gasteiger partial charge in [0.15, 0.2) is 0 Å². The molecule has 0 spiro atoms. The maximum absolute atomic E-state index is 11.6. The summed E-state index contributed by atoms with van der Waals surface area (Å²) >= 11 is 0. The minimum absolute atomic E-state index is 0.235. The number of esters is 1. The van der Waals surface area contributed by atoms with Crippen molar-refractivity contribution in [3.8, 4) is 11.8 Å². The van der Waals surface area contributed by atoms with Gasteiger partial charge in [0.2, 0.25) is 0 Å². The number of rotatable bonds is 5. The van der Waals surface area contributed by atoms with Crippen LogP contribution in [0, 0.1) is 11.8 Å². The van der Waals surface area contributed by atoms with Crippen LogP contribution in [0.4, 0.5) is 4.79 Å². The van der Waals surface area contributed by atoms with Gasteiger partial charge in [-0.25, -0.2) is 9.59 Å². The molecular weight excluding hydrogens is 318 g/mol. The first-order valence-electron chi connectivity index (χ1n) is 7.81. The third-order valence-corrected chi connectivity index (χ3v) is 3.25. The lowest BCUT2D eigenvalue weighted by Crippen LogP contribution is -2.24. The van der Waals surface area contributed by atoms with Gasteiger partial charge in [-0.1, -0.05) is 48.2 Å². The van der Waals surface area contributed by atoms with E-state index in [1.54, 1.807) is 24.3 Å². The Labute approximate surface area is 147 Å². The average molecular weight is 337 g/mol. The zero-order chi connectivity index (χ0) is 17.9. The molecule has 128 valence electrons. The van der Waals surface area contributed by atoms with Crippen molar-refractivity contribution in [2.75, 3.05) is 13.7 Å². The molecule has 0 atom stereocenters. The topological polar surface area (TPSA) is 64.6 Å². The summed E-state index contributed by atoms with van der Waals surface area (Å²) < 4.78 is 9.76. The normalized spacial score (nSPS) is 9.48. The highest BCUT2D eigenvalue weighted by molar-refractivity contribution is 5.89. The second-order valence-corrected chi connectivity index (χ2v) is 5.11. The maximum atomic E-state index is 11.6. The maximum Gasteiger partial charge on any atom is 0.407 e. The molecule has 0 saturated heterocycles. The van der Waals surface area contributed by atoms with Crippen molar-refractivity contribution >= 4 is 12.1 Å². The Balaban J connectivity index is 1.72. The molecule has 5 nitrogen and oxygen atoms in total. The summed E-state index contributed by atoms with van der Waals surface area (Å²) in [5.41, 5.74) is 2.11. The van der Waals surface area contributed by atoms with Crippen LogP contribution in [-0.2, 0) is 16.1 Å². The Hall–Kier alpha value is -3.26. The van der Waals surface area contributed by atoms with E-state index in [9.17, 15) is 9.59 Å². The number of hydrogen-bond acceptors (Lipinski definition) is 4. The molecule has 1 N–H and O–H groups in total. The number of benzene rings is 2. The summed E-state index contributed by atoms with van der Waals surface area (Å²) in [6, 6.07) is 16.4. The van der Waals surface area contributed by atoms with Crippen molar-refractivity contribution in [3.63, 3.8) is 0 Å². The van der Waals surface area contributed by atoms with Crippen LogP contribution in [0.5, 0.6) is 0 Å². The molecule has 2 rings (SSSR count). The van der Waals surface area contributed by atoms with Gasteiger partial charge in [-0.2, -0.15) is 0 Å². The van der Waals surface area contributed by atoms with Crippen LogP contribution in [0.3, 0.4) is 0 Å². The quantitative estimate of drug-likeness (QED) is 0.517. The fourth-order valence-corrected chi connectivity index (χ4v) is 2.01. The number of carbonyl (C=O) groups is 2. The molecule has 25 heavy (non-hydrogen) atoms. The number of amides is 1. The molecule has 0 aliphatic carbocycles. The number of nitrogens with one attached hydrogen (secondary N) is 1. The summed E-state index contributed by atoms with van der Waals surface area (Å²) in [5.74, 6) is 5.49. The standard InChI is InChI=1S/C20H19NO4/c1-24-19(22)18-12-7-11-16(14-18)8-5-6-13-21-20(23)25-15-17-9-3-2-4-10-17/h2-4,7,9-12,14H,6,13,15H2,1H3,(H,21,23). The van der Waals surface area contributed by atoms with Crippen molar-refractivity contribution in [3.05, 3.63) is 71.3 Å². The lowest BCUT2D eigenvalue weighted by atomic mass is 10.1. The number of alkyl carbamates (subject to hydrolysis) is 1. The molecule has 0 fully saturated rings. The Bertz CT molecular complexity index is 775. The van der Waals surface area contributed by atoms with Gasteiger partial charge < -0.3 is 14.8 Å². The second kappa shape index (κ2) is 9.78. The van der Waals surface area contributed by atoms with Crippen LogP contribution in [0.25, 0.3) is 0 Å². The van der Waals surface area contributed by atoms with Gasteiger partial charge in [0.1, 0.15) is 6.61 Å². The molecule has 0 heterocycles. The summed E-state index contributed by atoms with van der Waals surface area (Å²) in [6.45, 7) is 0.621. The van der Waals surface area contributed by atoms with Crippen molar-refractivity contribution in [2.24, 2.45) is 0 Å². The first-order chi connectivity index (χ1) is 12.2. The molecular formula is C20H19NO4. The Morgan fingerprint density at radius 2 is 1.88 bits per heavy atom. The van der Waals surface area contributed by atoms with E-state index in [1.165, 1.54) is 7.11 Å². The molecule has 0 radical (unpaired) electrons. The summed E-state index contributed by atoms with van der Waals surface area (Å²) in [4.78, 5) is 23.0. The zero-order valence-electron chi connectivity index (χ0n) is 14.0. The number of carbonyl (C=O) groups excluding carboxylic acids is 2. The van der Waals surface area contributed by atoms with E-state index in [-0.39, 0.29) is 6.61 Å². The van der Waals surface area contributed by atoms with Crippen LogP contribution in [0.15, 0.2) is 54.6 Å². The van der Waals surface area contributed by atoms with Gasteiger partial charge in [-0.15, -0.1) is 0 Å². The molecule has 2 aromatic rings. The van der Waals surface area contributed by atoms with Crippen LogP contribution in [-0.4, -0.2) is 25.7 Å². The van der Waals surface area contributed by atoms with Crippen molar-refractivity contribution in [1.82, 2.24) is 5.32 Å². The van der Waals surface area contributed by atoms with Gasteiger partial charge in [0, 0.05) is 18.5 Å². The van der Waals surface area contributed by atoms with E-state index in [4.69, 9.17) is 4.74 Å². The van der Waals surface area contributed by atoms with Crippen LogP contribution in [0.1, 0.15) is 27.9 Å². The first-order valence-corrected chi connectivity index (χ1v) is 7.81. The van der Waals surface area contributed by atoms with Crippen LogP contribution < -0.4 is 5.32 Å². The van der Waals surface area contributed by atoms with Crippen molar-refractivity contribution in [1.29, 1.82) is 0 Å². The minimum Gasteiger partial charge on any atom is -0.465 e. The summed E-state index contributed by atoms with van der Waals surface area (Å²) in [7, 11) is 1.34. The van der Waals surface area contributed by atoms with Gasteiger partial charge in [0.05, 0.1) is 12.7 Å². The average Bonchev–Trinajstić information content (AvgIpc) is 2.66. The molecule has 0 bridgehead atoms. The van der Waals surface area contributed by atoms with Gasteiger partial charge in [-0.3, -0.25) is 0 Å². The predicted octanol–water partition coefficient (Wildman–Crippen LogP) is 3.14. The lowest BCUT2D eigenvalue weighted by Gasteiger charge is -2.05. The van der Waals surface area contributed by atoms with Gasteiger partial charge >= 0.3 is 12.1 Å². The van der Waals surface area contributed by atoms with E-state index in [2.05, 4.69) is 21.9 Å². The van der Waals surface area contributed by atoms with Crippen molar-refractivity contribution in [2.45, 2.75) is 13.0 Å². The third-order valence-electron chi connectivity index (χ3n) is 3.25. The predicted molar refractivity (Wildman–Crippen MR) is 93.9 cm³/mol. The molecule has 0 aliphatic rings. The fourth-order valence-electron chi connectivity index (χ4n) is 2.01. The Morgan fingerprint density at radius 3 is 2.64 bits per heavy atom. The molecule has 0 unspecified atom stereocenters. The van der Waals surface area contributed by atoms with Gasteiger partial charge in [-0.05, 0) is 23.8 Å². The van der Waals surface area contributed by atoms with Crippen LogP contribution >= 0.6 is 0 Å². The molecule has 5 heteroatoms. The molecule has 0 aliphatic heterocycles. The first kappa shape index (κ1) is 18.1. The summed E-state index contributed by atoms with van der Waals surface area (Å²) in [5, 5.41) is 2.64. The van der Waals surface area contributed by atoms with E-state index in [0.717, 1.165) is 11.1 Å². The monoisotopic (exact) mass is 337 g/mol. The zero-order valence-corrected chi connectivity index (χ0v) is 14.0. The lowest BCUT2D eigenvalue weighted by molar-refractivity contribution is 0.0600. The van der Waals surface area contributed by atoms with E-state index in [1.807, 2.05) is 30.3 Å². The minimum atomic E-state index is -0.474. The molecule has 0 aromatic heterocycles. The molecule has 2 aromatic carbocycles. The third kappa shape index (κ3) is 6.40. The van der Waals surface area contributed by atoms with Gasteiger partial charge in [0.25, 0.3) is 0 Å². The Kier molecular flexibility index (Phi) is 7.08. The molecule has 1 amide bonds. The largest absolute Gasteiger partial charge is 0.465 e. The van der Waals surface area contributed by atoms with Crippen LogP contribution in [0.2, 0.25) is 0 Å². The Morgan fingerprint density at radius 1 is 1.08 bits per heavy atom. The smallest absolute Gasteiger partial charge is 0.407 e. The number of hydrogen-bond donors (Lipinski definition) is 1. The number of methoxy groups -OCH3 is 1. The van der Waals surface area contributed by atoms with E-state index in [0.29, 0.717) is 18.5 Å². The highest BCUT2D eigenvalue weighted by Gasteiger charge is 2.04. The number of ether oxygens (including phenoxy) is 2. The highest BCUT2D eigenvalue weighted by atomic mass is 16.5. The molecule has 0 saturated carbocycles. The van der Waals surface area contributed by atoms with E-state index >= 15 is 0 Å². The SMILES string of the molecule is COC(=O)c1cccc(C#CCCNC(=O)OCc2ccccc2)c1. The van der Waals surface area contributed by atoms with E-state index < -0.39 is 12.1 Å². The van der Waals surface area contributed by atoms with Crippen molar-refractivity contribution < 1.29 is 19.1 Å². The highest BCUT2D eigenvalue weighted by Crippen LogP contribution is 2.05.